The molecule has 4 heterocycles. The van der Waals surface area contributed by atoms with Crippen molar-refractivity contribution >= 4 is 11.9 Å². The van der Waals surface area contributed by atoms with E-state index < -0.39 is 29.6 Å². The first-order chi connectivity index (χ1) is 15.7. The Morgan fingerprint density at radius 2 is 1.79 bits per heavy atom. The molecule has 8 atom stereocenters. The molecular weight excluding hydrogens is 432 g/mol. The number of esters is 1. The summed E-state index contributed by atoms with van der Waals surface area (Å²) in [4.78, 5) is 33.9. The summed E-state index contributed by atoms with van der Waals surface area (Å²) in [5.74, 6) is -0.983. The fourth-order valence-corrected chi connectivity index (χ4v) is 6.11. The molecule has 33 heavy (non-hydrogen) atoms. The summed E-state index contributed by atoms with van der Waals surface area (Å²) in [5, 5.41) is 8.59. The van der Waals surface area contributed by atoms with Crippen LogP contribution in [0.5, 0.6) is 0 Å². The van der Waals surface area contributed by atoms with Crippen molar-refractivity contribution in [3.63, 3.8) is 0 Å². The van der Waals surface area contributed by atoms with Crippen molar-refractivity contribution in [3.8, 4) is 0 Å². The lowest BCUT2D eigenvalue weighted by Crippen LogP contribution is -2.70. The summed E-state index contributed by atoms with van der Waals surface area (Å²) in [6.07, 6.45) is 5.22. The highest BCUT2D eigenvalue weighted by atomic mass is 17.3. The normalized spacial score (nSPS) is 41.8. The van der Waals surface area contributed by atoms with Gasteiger partial charge in [0.15, 0.2) is 18.2 Å². The Balaban J connectivity index is 1.25. The molecule has 0 aromatic carbocycles. The maximum absolute atomic E-state index is 11.4. The van der Waals surface area contributed by atoms with Gasteiger partial charge in [-0.25, -0.2) is 9.78 Å². The second-order valence-corrected chi connectivity index (χ2v) is 10.3. The second kappa shape index (κ2) is 10.2. The van der Waals surface area contributed by atoms with E-state index in [1.54, 1.807) is 0 Å². The highest BCUT2D eigenvalue weighted by Crippen LogP contribution is 2.60. The summed E-state index contributed by atoms with van der Waals surface area (Å²) < 4.78 is 24.0. The van der Waals surface area contributed by atoms with E-state index in [2.05, 4.69) is 13.8 Å². The maximum Gasteiger partial charge on any atom is 0.306 e. The van der Waals surface area contributed by atoms with Gasteiger partial charge < -0.3 is 24.1 Å². The number of ether oxygens (including phenoxy) is 4. The van der Waals surface area contributed by atoms with Gasteiger partial charge in [-0.3, -0.25) is 9.59 Å². The third-order valence-electron chi connectivity index (χ3n) is 7.97. The van der Waals surface area contributed by atoms with Crippen molar-refractivity contribution in [2.75, 3.05) is 13.2 Å². The molecule has 5 fully saturated rings. The van der Waals surface area contributed by atoms with Crippen LogP contribution in [0.2, 0.25) is 0 Å². The Hall–Kier alpha value is -1.26. The molecule has 0 radical (unpaired) electrons. The van der Waals surface area contributed by atoms with E-state index in [4.69, 9.17) is 33.8 Å². The lowest BCUT2D eigenvalue weighted by Gasteiger charge is -2.60. The molecule has 5 aliphatic rings. The van der Waals surface area contributed by atoms with E-state index in [0.29, 0.717) is 31.5 Å². The third-order valence-corrected chi connectivity index (χ3v) is 7.97. The first kappa shape index (κ1) is 24.9. The molecule has 4 aliphatic heterocycles. The summed E-state index contributed by atoms with van der Waals surface area (Å²) in [6, 6.07) is 0. The van der Waals surface area contributed by atoms with E-state index in [1.807, 2.05) is 6.92 Å². The zero-order valence-corrected chi connectivity index (χ0v) is 20.0. The Morgan fingerprint density at radius 1 is 1.00 bits per heavy atom. The van der Waals surface area contributed by atoms with Crippen LogP contribution in [0.1, 0.15) is 78.6 Å². The van der Waals surface area contributed by atoms with Crippen LogP contribution in [0.3, 0.4) is 0 Å². The maximum atomic E-state index is 11.4. The number of carboxylic acids is 1. The quantitative estimate of drug-likeness (QED) is 0.290. The zero-order valence-electron chi connectivity index (χ0n) is 20.0. The minimum Gasteiger partial charge on any atom is -0.481 e. The molecule has 0 aromatic heterocycles. The highest BCUT2D eigenvalue weighted by molar-refractivity contribution is 5.76. The van der Waals surface area contributed by atoms with Crippen LogP contribution in [-0.2, 0) is 38.3 Å². The molecule has 1 spiro atoms. The number of hydrogen-bond acceptors (Lipinski definition) is 8. The Kier molecular flexibility index (Phi) is 7.65. The lowest BCUT2D eigenvalue weighted by molar-refractivity contribution is -0.577. The summed E-state index contributed by atoms with van der Waals surface area (Å²) in [6.45, 7) is 7.23. The zero-order chi connectivity index (χ0) is 23.6. The van der Waals surface area contributed by atoms with Crippen LogP contribution in [0.15, 0.2) is 0 Å². The number of aliphatic carboxylic acids is 1. The molecule has 4 saturated heterocycles. The molecule has 5 rings (SSSR count). The van der Waals surface area contributed by atoms with Gasteiger partial charge in [0.25, 0.3) is 0 Å². The molecule has 188 valence electrons. The van der Waals surface area contributed by atoms with Crippen LogP contribution in [0.4, 0.5) is 0 Å². The van der Waals surface area contributed by atoms with Crippen molar-refractivity contribution < 1.29 is 43.4 Å². The topological polar surface area (TPSA) is 110 Å². The minimum absolute atomic E-state index is 0.0886. The fraction of sp³-hybridized carbons (Fsp3) is 0.917. The number of carbonyl (C=O) groups is 2. The van der Waals surface area contributed by atoms with Gasteiger partial charge in [-0.05, 0) is 57.3 Å². The van der Waals surface area contributed by atoms with Crippen molar-refractivity contribution in [2.24, 2.45) is 23.7 Å². The van der Waals surface area contributed by atoms with Gasteiger partial charge in [0.2, 0.25) is 5.79 Å². The van der Waals surface area contributed by atoms with Crippen LogP contribution in [0, 0.1) is 23.7 Å². The van der Waals surface area contributed by atoms with Crippen molar-refractivity contribution in [2.45, 2.75) is 103 Å². The average molecular weight is 471 g/mol. The Labute approximate surface area is 195 Å². The van der Waals surface area contributed by atoms with Gasteiger partial charge >= 0.3 is 11.9 Å². The monoisotopic (exact) mass is 470 g/mol. The van der Waals surface area contributed by atoms with Gasteiger partial charge in [-0.15, -0.1) is 0 Å². The predicted molar refractivity (Wildman–Crippen MR) is 114 cm³/mol. The van der Waals surface area contributed by atoms with Gasteiger partial charge in [-0.1, -0.05) is 13.8 Å². The number of rotatable bonds is 10. The average Bonchev–Trinajstić information content (AvgIpc) is 3.00. The first-order valence-corrected chi connectivity index (χ1v) is 12.4. The summed E-state index contributed by atoms with van der Waals surface area (Å²) >= 11 is 0. The molecular formula is C24H38O9. The van der Waals surface area contributed by atoms with Gasteiger partial charge in [-0.2, -0.15) is 0 Å². The SMILES string of the molecule is C[C@H]1[C@@H](OCCCCCOC(=O)CCC(=O)O)O[C@@H]2O[C@]3(C)CC[C@H]4[C@H](C)CC[C@@H]1[C@@]24OO3. The highest BCUT2D eigenvalue weighted by Gasteiger charge is 2.69. The third kappa shape index (κ3) is 5.07. The molecule has 1 saturated carbocycles. The minimum atomic E-state index is -0.997. The number of hydrogen-bond donors (Lipinski definition) is 1. The Morgan fingerprint density at radius 3 is 2.58 bits per heavy atom. The van der Waals surface area contributed by atoms with Gasteiger partial charge in [0, 0.05) is 24.9 Å². The van der Waals surface area contributed by atoms with Crippen LogP contribution >= 0.6 is 0 Å². The molecule has 9 heteroatoms. The number of fused-ring (bicyclic) bond motifs is 2. The van der Waals surface area contributed by atoms with Crippen molar-refractivity contribution in [3.05, 3.63) is 0 Å². The second-order valence-electron chi connectivity index (χ2n) is 10.3. The van der Waals surface area contributed by atoms with E-state index in [0.717, 1.165) is 38.5 Å². The lowest BCUT2D eigenvalue weighted by atomic mass is 9.58. The Bertz CT molecular complexity index is 714. The van der Waals surface area contributed by atoms with E-state index in [9.17, 15) is 9.59 Å². The number of carbonyl (C=O) groups excluding carboxylic acids is 1. The fourth-order valence-electron chi connectivity index (χ4n) is 6.11. The standard InChI is InChI=1S/C24H38O9/c1-15-7-8-18-16(2)21(29-14-6-4-5-13-28-20(27)10-9-19(25)26)30-22-24(18)17(15)11-12-23(3,31-22)32-33-24/h15-18,21-22H,4-14H2,1-3H3,(H,25,26)/t15-,16-,17+,18+,21+,22-,23+,24-/m1/s1. The van der Waals surface area contributed by atoms with E-state index in [-0.39, 0.29) is 31.0 Å². The van der Waals surface area contributed by atoms with Crippen molar-refractivity contribution in [1.82, 2.24) is 0 Å². The summed E-state index contributed by atoms with van der Waals surface area (Å²) in [7, 11) is 0. The molecule has 1 aliphatic carbocycles. The molecule has 0 aromatic rings. The largest absolute Gasteiger partial charge is 0.481 e. The van der Waals surface area contributed by atoms with Crippen LogP contribution < -0.4 is 0 Å². The first-order valence-electron chi connectivity index (χ1n) is 12.4. The molecule has 0 amide bonds. The molecule has 2 bridgehead atoms. The van der Waals surface area contributed by atoms with Crippen molar-refractivity contribution in [1.29, 1.82) is 0 Å². The van der Waals surface area contributed by atoms with E-state index in [1.165, 1.54) is 0 Å². The van der Waals surface area contributed by atoms with Crippen LogP contribution in [0.25, 0.3) is 0 Å². The molecule has 1 N–H and O–H groups in total. The number of unbranched alkanes of at least 4 members (excludes halogenated alkanes) is 2. The van der Waals surface area contributed by atoms with Crippen LogP contribution in [-0.4, -0.2) is 54.2 Å². The molecule has 9 nitrogen and oxygen atoms in total. The smallest absolute Gasteiger partial charge is 0.306 e. The molecule has 0 unspecified atom stereocenters. The van der Waals surface area contributed by atoms with Gasteiger partial charge in [0.05, 0.1) is 19.4 Å². The number of carboxylic acid groups (broad SMARTS) is 1. The van der Waals surface area contributed by atoms with E-state index >= 15 is 0 Å². The predicted octanol–water partition coefficient (Wildman–Crippen LogP) is 3.79. The van der Waals surface area contributed by atoms with Gasteiger partial charge in [0.1, 0.15) is 0 Å². The summed E-state index contributed by atoms with van der Waals surface area (Å²) in [5.41, 5.74) is -0.572.